The van der Waals surface area contributed by atoms with Crippen LogP contribution in [0.5, 0.6) is 5.75 Å². The number of hydrogen-bond acceptors (Lipinski definition) is 4. The van der Waals surface area contributed by atoms with Crippen LogP contribution in [-0.4, -0.2) is 18.7 Å². The van der Waals surface area contributed by atoms with E-state index in [0.29, 0.717) is 11.5 Å². The number of hydrazone groups is 1. The molecule has 0 fully saturated rings. The van der Waals surface area contributed by atoms with Crippen molar-refractivity contribution in [1.29, 1.82) is 0 Å². The Bertz CT molecular complexity index is 645. The Morgan fingerprint density at radius 2 is 2.19 bits per heavy atom. The highest BCUT2D eigenvalue weighted by atomic mass is 79.9. The zero-order chi connectivity index (χ0) is 15.2. The molecule has 0 saturated heterocycles. The summed E-state index contributed by atoms with van der Waals surface area (Å²) in [6, 6.07) is 9.28. The number of rotatable bonds is 5. The fraction of sp³-hybridized carbons (Fsp3) is 0.200. The van der Waals surface area contributed by atoms with Crippen molar-refractivity contribution < 1.29 is 13.9 Å². The van der Waals surface area contributed by atoms with Crippen molar-refractivity contribution >= 4 is 28.1 Å². The van der Waals surface area contributed by atoms with Crippen LogP contribution in [0.3, 0.4) is 0 Å². The Kier molecular flexibility index (Phi) is 5.16. The van der Waals surface area contributed by atoms with Gasteiger partial charge in [-0.15, -0.1) is 0 Å². The SMILES string of the molecule is Cc1ccccc1OCC(=O)N/N=C\c1cc(Br)c(C)o1. The molecule has 21 heavy (non-hydrogen) atoms. The molecule has 0 aliphatic rings. The maximum absolute atomic E-state index is 11.6. The predicted octanol–water partition coefficient (Wildman–Crippen LogP) is 3.19. The molecule has 110 valence electrons. The molecule has 0 aliphatic carbocycles. The summed E-state index contributed by atoms with van der Waals surface area (Å²) in [6.45, 7) is 3.65. The molecule has 1 heterocycles. The molecule has 2 rings (SSSR count). The standard InChI is InChI=1S/C15H15BrN2O3/c1-10-5-3-4-6-14(10)20-9-15(19)18-17-8-12-7-13(16)11(2)21-12/h3-8H,9H2,1-2H3,(H,18,19)/b17-8-. The van der Waals surface area contributed by atoms with Crippen molar-refractivity contribution in [1.82, 2.24) is 5.43 Å². The van der Waals surface area contributed by atoms with Gasteiger partial charge in [-0.3, -0.25) is 4.79 Å². The Morgan fingerprint density at radius 1 is 1.43 bits per heavy atom. The van der Waals surface area contributed by atoms with Gasteiger partial charge >= 0.3 is 0 Å². The smallest absolute Gasteiger partial charge is 0.277 e. The van der Waals surface area contributed by atoms with Crippen molar-refractivity contribution in [2.75, 3.05) is 6.61 Å². The molecule has 1 N–H and O–H groups in total. The topological polar surface area (TPSA) is 63.8 Å². The highest BCUT2D eigenvalue weighted by Crippen LogP contribution is 2.19. The van der Waals surface area contributed by atoms with E-state index >= 15 is 0 Å². The number of carbonyl (C=O) groups excluding carboxylic acids is 1. The van der Waals surface area contributed by atoms with Gasteiger partial charge in [-0.05, 0) is 41.4 Å². The lowest BCUT2D eigenvalue weighted by molar-refractivity contribution is -0.123. The highest BCUT2D eigenvalue weighted by Gasteiger charge is 2.04. The fourth-order valence-corrected chi connectivity index (χ4v) is 1.91. The van der Waals surface area contributed by atoms with E-state index in [0.717, 1.165) is 15.8 Å². The van der Waals surface area contributed by atoms with Crippen molar-refractivity contribution in [3.63, 3.8) is 0 Å². The Balaban J connectivity index is 1.81. The zero-order valence-corrected chi connectivity index (χ0v) is 13.3. The lowest BCUT2D eigenvalue weighted by Gasteiger charge is -2.07. The largest absolute Gasteiger partial charge is 0.483 e. The Morgan fingerprint density at radius 3 is 2.86 bits per heavy atom. The van der Waals surface area contributed by atoms with Gasteiger partial charge in [0.1, 0.15) is 17.3 Å². The molecule has 0 radical (unpaired) electrons. The summed E-state index contributed by atoms with van der Waals surface area (Å²) in [7, 11) is 0. The van der Waals surface area contributed by atoms with E-state index in [2.05, 4.69) is 26.5 Å². The summed E-state index contributed by atoms with van der Waals surface area (Å²) in [5.74, 6) is 1.66. The molecule has 2 aromatic rings. The van der Waals surface area contributed by atoms with Crippen LogP contribution in [-0.2, 0) is 4.79 Å². The summed E-state index contributed by atoms with van der Waals surface area (Å²) < 4.78 is 11.6. The number of nitrogens with zero attached hydrogens (tertiary/aromatic N) is 1. The third kappa shape index (κ3) is 4.46. The normalized spacial score (nSPS) is 10.8. The van der Waals surface area contributed by atoms with E-state index in [1.54, 1.807) is 6.07 Å². The van der Waals surface area contributed by atoms with Gasteiger partial charge in [0.15, 0.2) is 6.61 Å². The fourth-order valence-electron chi connectivity index (χ4n) is 1.61. The van der Waals surface area contributed by atoms with E-state index in [1.807, 2.05) is 38.1 Å². The molecule has 6 heteroatoms. The van der Waals surface area contributed by atoms with E-state index in [9.17, 15) is 4.79 Å². The predicted molar refractivity (Wildman–Crippen MR) is 83.6 cm³/mol. The van der Waals surface area contributed by atoms with E-state index in [-0.39, 0.29) is 12.5 Å². The number of hydrogen-bond donors (Lipinski definition) is 1. The van der Waals surface area contributed by atoms with Crippen LogP contribution in [0.4, 0.5) is 0 Å². The molecule has 0 spiro atoms. The second-order valence-electron chi connectivity index (χ2n) is 4.40. The van der Waals surface area contributed by atoms with Crippen LogP contribution in [0, 0.1) is 13.8 Å². The monoisotopic (exact) mass is 350 g/mol. The lowest BCUT2D eigenvalue weighted by Crippen LogP contribution is -2.24. The van der Waals surface area contributed by atoms with Crippen LogP contribution < -0.4 is 10.2 Å². The molecular weight excluding hydrogens is 336 g/mol. The minimum atomic E-state index is -0.336. The molecular formula is C15H15BrN2O3. The molecule has 1 aromatic heterocycles. The van der Waals surface area contributed by atoms with Gasteiger partial charge < -0.3 is 9.15 Å². The number of furan rings is 1. The van der Waals surface area contributed by atoms with Crippen LogP contribution in [0.25, 0.3) is 0 Å². The highest BCUT2D eigenvalue weighted by molar-refractivity contribution is 9.10. The molecule has 1 amide bonds. The summed E-state index contributed by atoms with van der Waals surface area (Å²) >= 11 is 3.33. The van der Waals surface area contributed by atoms with Crippen molar-refractivity contribution in [3.05, 3.63) is 51.9 Å². The van der Waals surface area contributed by atoms with Gasteiger partial charge in [0, 0.05) is 6.07 Å². The molecule has 0 saturated carbocycles. The number of amides is 1. The first-order valence-corrected chi connectivity index (χ1v) is 7.12. The molecule has 5 nitrogen and oxygen atoms in total. The number of benzene rings is 1. The lowest BCUT2D eigenvalue weighted by atomic mass is 10.2. The second kappa shape index (κ2) is 7.08. The van der Waals surface area contributed by atoms with E-state index < -0.39 is 0 Å². The maximum atomic E-state index is 11.6. The minimum Gasteiger partial charge on any atom is -0.483 e. The number of para-hydroxylation sites is 1. The van der Waals surface area contributed by atoms with Gasteiger partial charge in [-0.1, -0.05) is 18.2 Å². The van der Waals surface area contributed by atoms with Gasteiger partial charge in [0.25, 0.3) is 5.91 Å². The first-order valence-electron chi connectivity index (χ1n) is 6.32. The maximum Gasteiger partial charge on any atom is 0.277 e. The molecule has 0 aliphatic heterocycles. The summed E-state index contributed by atoms with van der Waals surface area (Å²) in [5, 5.41) is 3.81. The number of halogens is 1. The Hall–Kier alpha value is -2.08. The zero-order valence-electron chi connectivity index (χ0n) is 11.7. The van der Waals surface area contributed by atoms with E-state index in [1.165, 1.54) is 6.21 Å². The van der Waals surface area contributed by atoms with Gasteiger partial charge in [-0.25, -0.2) is 5.43 Å². The van der Waals surface area contributed by atoms with Crippen molar-refractivity contribution in [3.8, 4) is 5.75 Å². The second-order valence-corrected chi connectivity index (χ2v) is 5.25. The Labute approximate surface area is 131 Å². The number of nitrogens with one attached hydrogen (secondary N) is 1. The van der Waals surface area contributed by atoms with Crippen LogP contribution in [0.2, 0.25) is 0 Å². The van der Waals surface area contributed by atoms with Gasteiger partial charge in [0.05, 0.1) is 10.7 Å². The summed E-state index contributed by atoms with van der Waals surface area (Å²) in [5.41, 5.74) is 3.36. The van der Waals surface area contributed by atoms with Gasteiger partial charge in [-0.2, -0.15) is 5.10 Å². The number of carbonyl (C=O) groups is 1. The van der Waals surface area contributed by atoms with Crippen LogP contribution in [0.1, 0.15) is 17.1 Å². The van der Waals surface area contributed by atoms with Crippen LogP contribution in [0.15, 0.2) is 44.3 Å². The summed E-state index contributed by atoms with van der Waals surface area (Å²) in [4.78, 5) is 11.6. The first-order chi connectivity index (χ1) is 10.1. The summed E-state index contributed by atoms with van der Waals surface area (Å²) in [6.07, 6.45) is 1.43. The average Bonchev–Trinajstić information content (AvgIpc) is 2.77. The first kappa shape index (κ1) is 15.3. The number of ether oxygens (including phenoxy) is 1. The van der Waals surface area contributed by atoms with Crippen molar-refractivity contribution in [2.24, 2.45) is 5.10 Å². The quantitative estimate of drug-likeness (QED) is 0.665. The van der Waals surface area contributed by atoms with Gasteiger partial charge in [0.2, 0.25) is 0 Å². The molecule has 0 unspecified atom stereocenters. The molecule has 0 atom stereocenters. The van der Waals surface area contributed by atoms with Crippen molar-refractivity contribution in [2.45, 2.75) is 13.8 Å². The third-order valence-corrected chi connectivity index (χ3v) is 3.50. The van der Waals surface area contributed by atoms with Crippen LogP contribution >= 0.6 is 15.9 Å². The van der Waals surface area contributed by atoms with E-state index in [4.69, 9.17) is 9.15 Å². The third-order valence-electron chi connectivity index (χ3n) is 2.71. The number of aryl methyl sites for hydroxylation is 2. The molecule has 0 bridgehead atoms. The average molecular weight is 351 g/mol. The minimum absolute atomic E-state index is 0.0942. The molecule has 1 aromatic carbocycles.